The van der Waals surface area contributed by atoms with E-state index < -0.39 is 17.4 Å². The molecule has 0 radical (unpaired) electrons. The van der Waals surface area contributed by atoms with Crippen LogP contribution in [0.5, 0.6) is 11.5 Å². The van der Waals surface area contributed by atoms with Crippen LogP contribution in [0.3, 0.4) is 0 Å². The Morgan fingerprint density at radius 3 is 2.53 bits per heavy atom. The molecule has 0 aliphatic rings. The maximum Gasteiger partial charge on any atom is 0.348 e. The number of methoxy groups -OCH3 is 2. The van der Waals surface area contributed by atoms with E-state index in [1.807, 2.05) is 30.3 Å². The maximum absolute atomic E-state index is 13.1. The van der Waals surface area contributed by atoms with Crippen molar-refractivity contribution in [1.82, 2.24) is 9.55 Å². The van der Waals surface area contributed by atoms with Gasteiger partial charge in [0.1, 0.15) is 16.3 Å². The molecule has 0 spiro atoms. The van der Waals surface area contributed by atoms with Crippen LogP contribution in [-0.2, 0) is 22.5 Å². The zero-order valence-electron chi connectivity index (χ0n) is 20.1. The lowest BCUT2D eigenvalue weighted by Crippen LogP contribution is -2.27. The molecule has 0 aliphatic heterocycles. The Kier molecular flexibility index (Phi) is 7.65. The highest BCUT2D eigenvalue weighted by Crippen LogP contribution is 2.30. The Morgan fingerprint density at radius 1 is 1.06 bits per heavy atom. The fraction of sp³-hybridized carbons (Fsp3) is 0.231. The number of hydrogen-bond donors (Lipinski definition) is 1. The fourth-order valence-corrected chi connectivity index (χ4v) is 4.74. The van der Waals surface area contributed by atoms with E-state index in [1.54, 1.807) is 25.1 Å². The summed E-state index contributed by atoms with van der Waals surface area (Å²) in [6, 6.07) is 14.7. The number of thiophene rings is 1. The molecule has 4 aromatic rings. The van der Waals surface area contributed by atoms with Crippen molar-refractivity contribution in [2.75, 3.05) is 26.1 Å². The molecule has 2 aromatic carbocycles. The molecule has 0 unspecified atom stereocenters. The van der Waals surface area contributed by atoms with E-state index in [0.29, 0.717) is 44.3 Å². The minimum absolute atomic E-state index is 0.227. The molecule has 0 aliphatic carbocycles. The summed E-state index contributed by atoms with van der Waals surface area (Å²) >= 11 is 1.10. The minimum Gasteiger partial charge on any atom is -0.493 e. The summed E-state index contributed by atoms with van der Waals surface area (Å²) in [7, 11) is 3.02. The van der Waals surface area contributed by atoms with Crippen LogP contribution >= 0.6 is 11.3 Å². The molecule has 0 fully saturated rings. The third-order valence-corrected chi connectivity index (χ3v) is 6.73. The minimum atomic E-state index is -0.497. The highest BCUT2D eigenvalue weighted by Gasteiger charge is 2.21. The number of benzene rings is 2. The lowest BCUT2D eigenvalue weighted by Gasteiger charge is -2.11. The quantitative estimate of drug-likeness (QED) is 0.343. The number of carbonyl (C=O) groups is 2. The smallest absolute Gasteiger partial charge is 0.348 e. The molecular formula is C26H25N3O6S. The van der Waals surface area contributed by atoms with E-state index >= 15 is 0 Å². The van der Waals surface area contributed by atoms with Crippen molar-refractivity contribution < 1.29 is 23.8 Å². The summed E-state index contributed by atoms with van der Waals surface area (Å²) in [5.74, 6) is 0.0822. The predicted octanol–water partition coefficient (Wildman–Crippen LogP) is 3.82. The number of nitrogens with one attached hydrogen (secondary N) is 1. The van der Waals surface area contributed by atoms with Gasteiger partial charge in [-0.25, -0.2) is 9.78 Å². The van der Waals surface area contributed by atoms with E-state index in [2.05, 4.69) is 10.3 Å². The van der Waals surface area contributed by atoms with Crippen molar-refractivity contribution in [3.05, 3.63) is 81.2 Å². The van der Waals surface area contributed by atoms with Gasteiger partial charge < -0.3 is 19.5 Å². The van der Waals surface area contributed by atoms with E-state index in [4.69, 9.17) is 14.2 Å². The molecule has 1 amide bonds. The fourth-order valence-electron chi connectivity index (χ4n) is 3.71. The van der Waals surface area contributed by atoms with Crippen molar-refractivity contribution in [3.63, 3.8) is 0 Å². The second-order valence-corrected chi connectivity index (χ2v) is 8.90. The highest BCUT2D eigenvalue weighted by molar-refractivity contribution is 7.20. The zero-order valence-corrected chi connectivity index (χ0v) is 20.9. The van der Waals surface area contributed by atoms with Crippen molar-refractivity contribution >= 4 is 39.1 Å². The Labute approximate surface area is 211 Å². The van der Waals surface area contributed by atoms with Gasteiger partial charge in [-0.1, -0.05) is 30.3 Å². The Morgan fingerprint density at radius 2 is 1.81 bits per heavy atom. The van der Waals surface area contributed by atoms with E-state index in [9.17, 15) is 14.4 Å². The topological polar surface area (TPSA) is 109 Å². The largest absolute Gasteiger partial charge is 0.493 e. The van der Waals surface area contributed by atoms with Crippen LogP contribution in [0, 0.1) is 6.92 Å². The molecule has 36 heavy (non-hydrogen) atoms. The maximum atomic E-state index is 13.1. The van der Waals surface area contributed by atoms with Crippen LogP contribution in [0.25, 0.3) is 10.2 Å². The molecule has 4 rings (SSSR count). The molecule has 0 bridgehead atoms. The van der Waals surface area contributed by atoms with Crippen LogP contribution in [0.2, 0.25) is 0 Å². The normalized spacial score (nSPS) is 10.8. The number of ether oxygens (including phenoxy) is 3. The van der Waals surface area contributed by atoms with Gasteiger partial charge in [0.15, 0.2) is 11.5 Å². The van der Waals surface area contributed by atoms with Crippen molar-refractivity contribution in [3.8, 4) is 11.5 Å². The average Bonchev–Trinajstić information content (AvgIpc) is 3.23. The average molecular weight is 508 g/mol. The van der Waals surface area contributed by atoms with Crippen LogP contribution in [0.4, 0.5) is 5.69 Å². The van der Waals surface area contributed by atoms with Crippen LogP contribution < -0.4 is 20.3 Å². The Hall–Kier alpha value is -4.18. The molecule has 2 heterocycles. The number of anilines is 1. The zero-order chi connectivity index (χ0) is 25.7. The monoisotopic (exact) mass is 507 g/mol. The summed E-state index contributed by atoms with van der Waals surface area (Å²) in [6.45, 7) is 1.66. The number of hydrogen-bond acceptors (Lipinski definition) is 8. The van der Waals surface area contributed by atoms with Gasteiger partial charge in [-0.05, 0) is 30.2 Å². The second-order valence-electron chi connectivity index (χ2n) is 7.90. The SMILES string of the molecule is COc1ccc(NC(=O)Cn2cnc3sc(C(=O)OCCc4ccccc4)c(C)c3c2=O)cc1OC. The molecule has 9 nitrogen and oxygen atoms in total. The van der Waals surface area contributed by atoms with Crippen molar-refractivity contribution in [2.24, 2.45) is 0 Å². The standard InChI is InChI=1S/C26H25N3O6S/c1-16-22-24(36-23(16)26(32)35-12-11-17-7-5-4-6-8-17)27-15-29(25(22)31)14-21(30)28-18-9-10-19(33-2)20(13-18)34-3/h4-10,13,15H,11-12,14H2,1-3H3,(H,28,30). The molecule has 186 valence electrons. The van der Waals surface area contributed by atoms with Gasteiger partial charge in [0.25, 0.3) is 5.56 Å². The number of amides is 1. The molecule has 1 N–H and O–H groups in total. The molecule has 0 saturated heterocycles. The highest BCUT2D eigenvalue weighted by atomic mass is 32.1. The van der Waals surface area contributed by atoms with Gasteiger partial charge in [0.2, 0.25) is 5.91 Å². The van der Waals surface area contributed by atoms with Crippen molar-refractivity contribution in [1.29, 1.82) is 0 Å². The summed E-state index contributed by atoms with van der Waals surface area (Å²) in [5.41, 5.74) is 1.65. The first kappa shape index (κ1) is 24.9. The Bertz CT molecular complexity index is 1460. The first-order valence-electron chi connectivity index (χ1n) is 11.1. The lowest BCUT2D eigenvalue weighted by atomic mass is 10.2. The van der Waals surface area contributed by atoms with Crippen LogP contribution in [0.1, 0.15) is 20.8 Å². The van der Waals surface area contributed by atoms with Gasteiger partial charge in [-0.3, -0.25) is 14.2 Å². The van der Waals surface area contributed by atoms with Gasteiger partial charge in [0, 0.05) is 18.2 Å². The number of aromatic nitrogens is 2. The summed E-state index contributed by atoms with van der Waals surface area (Å²) in [5, 5.41) is 3.04. The third-order valence-electron chi connectivity index (χ3n) is 5.55. The summed E-state index contributed by atoms with van der Waals surface area (Å²) in [4.78, 5) is 43.5. The van der Waals surface area contributed by atoms with Gasteiger partial charge in [0.05, 0.1) is 32.5 Å². The van der Waals surface area contributed by atoms with Crippen LogP contribution in [0.15, 0.2) is 59.7 Å². The first-order valence-corrected chi connectivity index (χ1v) is 11.9. The second kappa shape index (κ2) is 11.0. The predicted molar refractivity (Wildman–Crippen MR) is 137 cm³/mol. The van der Waals surface area contributed by atoms with Crippen molar-refractivity contribution in [2.45, 2.75) is 19.9 Å². The number of carbonyl (C=O) groups excluding carboxylic acids is 2. The summed E-state index contributed by atoms with van der Waals surface area (Å²) in [6.07, 6.45) is 1.90. The molecule has 0 saturated carbocycles. The van der Waals surface area contributed by atoms with Gasteiger partial charge >= 0.3 is 5.97 Å². The number of esters is 1. The molecular weight excluding hydrogens is 482 g/mol. The van der Waals surface area contributed by atoms with Crippen LogP contribution in [-0.4, -0.2) is 42.3 Å². The summed E-state index contributed by atoms with van der Waals surface area (Å²) < 4.78 is 17.1. The lowest BCUT2D eigenvalue weighted by molar-refractivity contribution is -0.116. The first-order chi connectivity index (χ1) is 17.4. The van der Waals surface area contributed by atoms with E-state index in [0.717, 1.165) is 16.9 Å². The number of nitrogens with zero attached hydrogens (tertiary/aromatic N) is 2. The Balaban J connectivity index is 1.47. The molecule has 10 heteroatoms. The number of fused-ring (bicyclic) bond motifs is 1. The molecule has 0 atom stereocenters. The molecule has 2 aromatic heterocycles. The van der Waals surface area contributed by atoms with Gasteiger partial charge in [-0.15, -0.1) is 11.3 Å². The van der Waals surface area contributed by atoms with Gasteiger partial charge in [-0.2, -0.15) is 0 Å². The van der Waals surface area contributed by atoms with E-state index in [-0.39, 0.29) is 13.2 Å². The van der Waals surface area contributed by atoms with E-state index in [1.165, 1.54) is 25.1 Å². The number of rotatable bonds is 9. The number of aryl methyl sites for hydroxylation is 1. The third kappa shape index (κ3) is 5.38.